The Bertz CT molecular complexity index is 557. The van der Waals surface area contributed by atoms with Crippen molar-refractivity contribution in [2.45, 2.75) is 38.8 Å². The molecule has 2 rings (SSSR count). The Kier molecular flexibility index (Phi) is 4.67. The maximum Gasteiger partial charge on any atom is 0.301 e. The lowest BCUT2D eigenvalue weighted by atomic mass is 10.0. The largest absolute Gasteiger partial charge is 0.313 e. The summed E-state index contributed by atoms with van der Waals surface area (Å²) in [4.78, 5) is 0. The van der Waals surface area contributed by atoms with Crippen molar-refractivity contribution in [3.63, 3.8) is 0 Å². The minimum absolute atomic E-state index is 0.115. The molecule has 112 valence electrons. The van der Waals surface area contributed by atoms with E-state index in [0.29, 0.717) is 6.54 Å². The Morgan fingerprint density at radius 1 is 1.30 bits per heavy atom. The molecule has 0 aliphatic carbocycles. The summed E-state index contributed by atoms with van der Waals surface area (Å²) in [5, 5.41) is 3.27. The van der Waals surface area contributed by atoms with Crippen LogP contribution in [0.1, 0.15) is 38.3 Å². The van der Waals surface area contributed by atoms with Gasteiger partial charge >= 0.3 is 10.2 Å². The maximum absolute atomic E-state index is 12.5. The second-order valence-electron chi connectivity index (χ2n) is 5.39. The lowest BCUT2D eigenvalue weighted by Gasteiger charge is -2.26. The number of anilines is 1. The lowest BCUT2D eigenvalue weighted by Crippen LogP contribution is -2.44. The van der Waals surface area contributed by atoms with Crippen LogP contribution in [0.5, 0.6) is 0 Å². The lowest BCUT2D eigenvalue weighted by molar-refractivity contribution is 0.540. The Hall–Kier alpha value is -1.11. The average molecular weight is 297 g/mol. The van der Waals surface area contributed by atoms with E-state index in [1.54, 1.807) is 0 Å². The molecule has 1 unspecified atom stereocenters. The van der Waals surface area contributed by atoms with Crippen molar-refractivity contribution in [2.75, 3.05) is 17.9 Å². The van der Waals surface area contributed by atoms with Crippen LogP contribution >= 0.6 is 0 Å². The van der Waals surface area contributed by atoms with Crippen molar-refractivity contribution in [2.24, 2.45) is 0 Å². The van der Waals surface area contributed by atoms with E-state index >= 15 is 0 Å². The molecule has 0 bridgehead atoms. The predicted molar refractivity (Wildman–Crippen MR) is 82.0 cm³/mol. The number of hydrogen-bond donors (Lipinski definition) is 2. The normalized spacial score (nSPS) is 19.8. The van der Waals surface area contributed by atoms with Gasteiger partial charge in [-0.05, 0) is 45.4 Å². The van der Waals surface area contributed by atoms with Gasteiger partial charge < -0.3 is 5.32 Å². The molecule has 0 spiro atoms. The average Bonchev–Trinajstić information content (AvgIpc) is 2.56. The van der Waals surface area contributed by atoms with E-state index in [1.807, 2.05) is 45.2 Å². The third kappa shape index (κ3) is 3.13. The summed E-state index contributed by atoms with van der Waals surface area (Å²) in [6.45, 7) is 4.17. The van der Waals surface area contributed by atoms with Crippen molar-refractivity contribution in [1.82, 2.24) is 10.0 Å². The number of para-hydroxylation sites is 1. The molecule has 1 heterocycles. The van der Waals surface area contributed by atoms with Crippen molar-refractivity contribution in [1.29, 1.82) is 0 Å². The summed E-state index contributed by atoms with van der Waals surface area (Å²) in [7, 11) is -1.58. The van der Waals surface area contributed by atoms with Crippen LogP contribution in [-0.2, 0) is 10.2 Å². The summed E-state index contributed by atoms with van der Waals surface area (Å²) in [5.74, 6) is 0. The van der Waals surface area contributed by atoms with E-state index in [-0.39, 0.29) is 12.1 Å². The van der Waals surface area contributed by atoms with E-state index in [0.717, 1.165) is 24.1 Å². The molecule has 1 aliphatic rings. The topological polar surface area (TPSA) is 61.4 Å². The standard InChI is InChI=1S/C14H23N3O2S/c1-11(2)16-20(18,19)17-10-6-8-13(15-3)12-7-4-5-9-14(12)17/h4-5,7,9,11,13,15-16H,6,8,10H2,1-3H3. The van der Waals surface area contributed by atoms with Crippen LogP contribution in [0.4, 0.5) is 5.69 Å². The zero-order valence-corrected chi connectivity index (χ0v) is 13.1. The van der Waals surface area contributed by atoms with Gasteiger partial charge in [0.1, 0.15) is 0 Å². The third-order valence-corrected chi connectivity index (χ3v) is 5.19. The number of nitrogens with one attached hydrogen (secondary N) is 2. The van der Waals surface area contributed by atoms with Gasteiger partial charge in [-0.25, -0.2) is 0 Å². The first-order valence-corrected chi connectivity index (χ1v) is 8.46. The molecule has 5 nitrogen and oxygen atoms in total. The third-order valence-electron chi connectivity index (χ3n) is 3.46. The quantitative estimate of drug-likeness (QED) is 0.890. The molecular weight excluding hydrogens is 274 g/mol. The van der Waals surface area contributed by atoms with Gasteiger partial charge in [-0.3, -0.25) is 4.31 Å². The summed E-state index contributed by atoms with van der Waals surface area (Å²) in [6, 6.07) is 7.80. The molecule has 1 aromatic rings. The Balaban J connectivity index is 2.45. The van der Waals surface area contributed by atoms with E-state index in [1.165, 1.54) is 4.31 Å². The molecule has 0 amide bonds. The highest BCUT2D eigenvalue weighted by molar-refractivity contribution is 7.90. The smallest absolute Gasteiger partial charge is 0.301 e. The summed E-state index contributed by atoms with van der Waals surface area (Å²) >= 11 is 0. The van der Waals surface area contributed by atoms with Crippen LogP contribution in [0.3, 0.4) is 0 Å². The van der Waals surface area contributed by atoms with Crippen LogP contribution in [0.25, 0.3) is 0 Å². The fraction of sp³-hybridized carbons (Fsp3) is 0.571. The molecule has 6 heteroatoms. The summed E-state index contributed by atoms with van der Waals surface area (Å²) < 4.78 is 29.2. The van der Waals surface area contributed by atoms with Gasteiger partial charge in [-0.15, -0.1) is 0 Å². The van der Waals surface area contributed by atoms with Crippen LogP contribution in [0, 0.1) is 0 Å². The van der Waals surface area contributed by atoms with E-state index < -0.39 is 10.2 Å². The first kappa shape index (κ1) is 15.3. The highest BCUT2D eigenvalue weighted by atomic mass is 32.2. The zero-order valence-electron chi connectivity index (χ0n) is 12.3. The SMILES string of the molecule is CNC1CCCN(S(=O)(=O)NC(C)C)c2ccccc21. The number of rotatable bonds is 4. The number of nitrogens with zero attached hydrogens (tertiary/aromatic N) is 1. The highest BCUT2D eigenvalue weighted by Crippen LogP contribution is 2.33. The Morgan fingerprint density at radius 3 is 2.65 bits per heavy atom. The van der Waals surface area contributed by atoms with Crippen LogP contribution < -0.4 is 14.3 Å². The molecule has 20 heavy (non-hydrogen) atoms. The van der Waals surface area contributed by atoms with Crippen molar-refractivity contribution in [3.05, 3.63) is 29.8 Å². The van der Waals surface area contributed by atoms with E-state index in [9.17, 15) is 8.42 Å². The number of hydrogen-bond acceptors (Lipinski definition) is 3. The second-order valence-corrected chi connectivity index (χ2v) is 7.02. The number of fused-ring (bicyclic) bond motifs is 1. The van der Waals surface area contributed by atoms with Crippen molar-refractivity contribution >= 4 is 15.9 Å². The molecule has 0 saturated heterocycles. The molecule has 0 aromatic heterocycles. The van der Waals surface area contributed by atoms with Gasteiger partial charge in [0, 0.05) is 18.6 Å². The van der Waals surface area contributed by atoms with Gasteiger partial charge in [-0.2, -0.15) is 13.1 Å². The minimum atomic E-state index is -3.50. The minimum Gasteiger partial charge on any atom is -0.313 e. The van der Waals surface area contributed by atoms with Gasteiger partial charge in [-0.1, -0.05) is 18.2 Å². The first-order valence-electron chi connectivity index (χ1n) is 7.02. The molecule has 0 fully saturated rings. The number of benzene rings is 1. The highest BCUT2D eigenvalue weighted by Gasteiger charge is 2.29. The van der Waals surface area contributed by atoms with Gasteiger partial charge in [0.2, 0.25) is 0 Å². The molecular formula is C14H23N3O2S. The molecule has 1 aliphatic heterocycles. The molecule has 1 aromatic carbocycles. The van der Waals surface area contributed by atoms with Gasteiger partial charge in [0.15, 0.2) is 0 Å². The van der Waals surface area contributed by atoms with Gasteiger partial charge in [0.25, 0.3) is 0 Å². The molecule has 2 N–H and O–H groups in total. The van der Waals surface area contributed by atoms with Crippen molar-refractivity contribution < 1.29 is 8.42 Å². The predicted octanol–water partition coefficient (Wildman–Crippen LogP) is 1.79. The van der Waals surface area contributed by atoms with Crippen LogP contribution in [0.15, 0.2) is 24.3 Å². The molecule has 0 radical (unpaired) electrons. The zero-order chi connectivity index (χ0) is 14.8. The van der Waals surface area contributed by atoms with Crippen molar-refractivity contribution in [3.8, 4) is 0 Å². The Morgan fingerprint density at radius 2 is 2.00 bits per heavy atom. The van der Waals surface area contributed by atoms with Crippen LogP contribution in [0.2, 0.25) is 0 Å². The molecule has 1 atom stereocenters. The maximum atomic E-state index is 12.5. The van der Waals surface area contributed by atoms with Crippen LogP contribution in [-0.4, -0.2) is 28.1 Å². The second kappa shape index (κ2) is 6.11. The molecule has 0 saturated carbocycles. The monoisotopic (exact) mass is 297 g/mol. The van der Waals surface area contributed by atoms with Gasteiger partial charge in [0.05, 0.1) is 5.69 Å². The Labute approximate surface area is 121 Å². The fourth-order valence-electron chi connectivity index (χ4n) is 2.64. The first-order chi connectivity index (χ1) is 9.45. The summed E-state index contributed by atoms with van der Waals surface area (Å²) in [5.41, 5.74) is 1.82. The fourth-order valence-corrected chi connectivity index (χ4v) is 4.15. The summed E-state index contributed by atoms with van der Waals surface area (Å²) in [6.07, 6.45) is 1.76. The van der Waals surface area contributed by atoms with E-state index in [4.69, 9.17) is 0 Å². The van der Waals surface area contributed by atoms with E-state index in [2.05, 4.69) is 10.0 Å².